The van der Waals surface area contributed by atoms with Crippen LogP contribution in [-0.2, 0) is 19.8 Å². The summed E-state index contributed by atoms with van der Waals surface area (Å²) in [5.74, 6) is 1.31. The summed E-state index contributed by atoms with van der Waals surface area (Å²) in [6.07, 6.45) is 3.04. The topological polar surface area (TPSA) is 42.0 Å². The molecule has 0 aromatic heterocycles. The Morgan fingerprint density at radius 1 is 1.38 bits per heavy atom. The molecule has 5 unspecified atom stereocenters. The molecule has 7 atom stereocenters. The van der Waals surface area contributed by atoms with Gasteiger partial charge in [-0.2, -0.15) is 5.06 Å². The Balaban J connectivity index is 1.68. The summed E-state index contributed by atoms with van der Waals surface area (Å²) >= 11 is 0. The zero-order chi connectivity index (χ0) is 17.8. The van der Waals surface area contributed by atoms with Crippen LogP contribution in [0, 0.1) is 23.2 Å². The monoisotopic (exact) mass is 352 g/mol. The number of anilines is 1. The van der Waals surface area contributed by atoms with E-state index in [4.69, 9.17) is 9.57 Å². The molecule has 1 aromatic carbocycles. The molecule has 5 bridgehead atoms. The van der Waals surface area contributed by atoms with E-state index in [0.29, 0.717) is 17.9 Å². The summed E-state index contributed by atoms with van der Waals surface area (Å²) in [5.41, 5.74) is 1.27. The number of rotatable bonds is 2. The van der Waals surface area contributed by atoms with E-state index < -0.39 is 5.41 Å². The minimum absolute atomic E-state index is 0.0170. The van der Waals surface area contributed by atoms with Crippen LogP contribution < -0.4 is 5.06 Å². The molecule has 1 aromatic rings. The average molecular weight is 352 g/mol. The van der Waals surface area contributed by atoms with Crippen molar-refractivity contribution in [3.63, 3.8) is 0 Å². The Kier molecular flexibility index (Phi) is 2.71. The van der Waals surface area contributed by atoms with Crippen LogP contribution in [0.5, 0.6) is 0 Å². The summed E-state index contributed by atoms with van der Waals surface area (Å²) in [4.78, 5) is 21.9. The van der Waals surface area contributed by atoms with Crippen molar-refractivity contribution in [1.82, 2.24) is 4.90 Å². The molecular weight excluding hydrogens is 328 g/mol. The first-order chi connectivity index (χ1) is 12.6. The normalized spacial score (nSPS) is 47.8. The second-order valence-corrected chi connectivity index (χ2v) is 8.70. The number of fused-ring (bicyclic) bond motifs is 5. The van der Waals surface area contributed by atoms with E-state index in [1.807, 2.05) is 18.2 Å². The summed E-state index contributed by atoms with van der Waals surface area (Å²) < 4.78 is 6.39. The van der Waals surface area contributed by atoms with Gasteiger partial charge in [0.1, 0.15) is 5.41 Å². The van der Waals surface area contributed by atoms with Crippen molar-refractivity contribution >= 4 is 11.6 Å². The van der Waals surface area contributed by atoms with Crippen LogP contribution in [-0.4, -0.2) is 50.3 Å². The van der Waals surface area contributed by atoms with Gasteiger partial charge in [0.15, 0.2) is 0 Å². The van der Waals surface area contributed by atoms with Gasteiger partial charge in [0.05, 0.1) is 25.5 Å². The van der Waals surface area contributed by atoms with E-state index in [1.165, 1.54) is 5.06 Å². The highest BCUT2D eigenvalue weighted by atomic mass is 16.7. The number of ether oxygens (including phenoxy) is 1. The Morgan fingerprint density at radius 3 is 2.96 bits per heavy atom. The number of carbonyl (C=O) groups is 1. The molecule has 0 N–H and O–H groups in total. The van der Waals surface area contributed by atoms with Crippen molar-refractivity contribution < 1.29 is 14.4 Å². The van der Waals surface area contributed by atoms with Crippen LogP contribution in [0.2, 0.25) is 0 Å². The van der Waals surface area contributed by atoms with Gasteiger partial charge in [-0.25, -0.2) is 0 Å². The molecule has 1 amide bonds. The molecule has 5 aliphatic rings. The van der Waals surface area contributed by atoms with Gasteiger partial charge in [0, 0.05) is 29.8 Å². The van der Waals surface area contributed by atoms with Crippen molar-refractivity contribution in [2.24, 2.45) is 23.2 Å². The number of carbonyl (C=O) groups excluding carboxylic acids is 1. The fourth-order valence-electron chi connectivity index (χ4n) is 7.64. The molecule has 26 heavy (non-hydrogen) atoms. The fraction of sp³-hybridized carbons (Fsp3) is 0.571. The molecule has 1 spiro atoms. The third-order valence-corrected chi connectivity index (χ3v) is 8.22. The van der Waals surface area contributed by atoms with Gasteiger partial charge >= 0.3 is 0 Å². The van der Waals surface area contributed by atoms with Gasteiger partial charge in [-0.1, -0.05) is 24.3 Å². The summed E-state index contributed by atoms with van der Waals surface area (Å²) in [5, 5.41) is 1.50. The molecule has 6 rings (SSSR count). The van der Waals surface area contributed by atoms with Gasteiger partial charge < -0.3 is 9.64 Å². The maximum Gasteiger partial charge on any atom is 0.264 e. The van der Waals surface area contributed by atoms with E-state index in [9.17, 15) is 4.79 Å². The van der Waals surface area contributed by atoms with Crippen LogP contribution in [0.3, 0.4) is 0 Å². The van der Waals surface area contributed by atoms with E-state index >= 15 is 0 Å². The van der Waals surface area contributed by atoms with Crippen LogP contribution in [0.1, 0.15) is 12.0 Å². The zero-order valence-electron chi connectivity index (χ0n) is 15.2. The van der Waals surface area contributed by atoms with Crippen molar-refractivity contribution in [2.75, 3.05) is 32.4 Å². The van der Waals surface area contributed by atoms with Gasteiger partial charge in [-0.3, -0.25) is 9.63 Å². The van der Waals surface area contributed by atoms with Crippen LogP contribution in [0.15, 0.2) is 36.9 Å². The first kappa shape index (κ1) is 15.4. The van der Waals surface area contributed by atoms with Gasteiger partial charge in [-0.15, -0.1) is 6.58 Å². The minimum atomic E-state index is -0.669. The summed E-state index contributed by atoms with van der Waals surface area (Å²) in [6, 6.07) is 8.47. The molecule has 3 aliphatic heterocycles. The first-order valence-electron chi connectivity index (χ1n) is 9.55. The number of amides is 1. The lowest BCUT2D eigenvalue weighted by Gasteiger charge is -2.54. The number of likely N-dealkylation sites (tertiary alicyclic amines) is 1. The molecule has 136 valence electrons. The Morgan fingerprint density at radius 2 is 2.19 bits per heavy atom. The van der Waals surface area contributed by atoms with Crippen LogP contribution in [0.25, 0.3) is 0 Å². The Bertz CT molecular complexity index is 840. The maximum atomic E-state index is 13.9. The SMILES string of the molecule is C=C[C@]12CN(C)C3C4COC(CC41)[C@]1(C(=O)N(OC)c4ccccc41)C32. The molecule has 0 radical (unpaired) electrons. The van der Waals surface area contributed by atoms with Crippen LogP contribution >= 0.6 is 0 Å². The highest BCUT2D eigenvalue weighted by Crippen LogP contribution is 2.73. The predicted molar refractivity (Wildman–Crippen MR) is 96.5 cm³/mol. The molecule has 2 aliphatic carbocycles. The number of benzene rings is 1. The number of piperidine rings is 1. The smallest absolute Gasteiger partial charge is 0.264 e. The summed E-state index contributed by atoms with van der Waals surface area (Å²) in [6.45, 7) is 6.00. The lowest BCUT2D eigenvalue weighted by atomic mass is 9.51. The van der Waals surface area contributed by atoms with Crippen molar-refractivity contribution in [3.8, 4) is 0 Å². The standard InChI is InChI=1S/C21H24N2O3/c1-4-20-11-22(2)17-12-10-26-16(9-14(12)20)21(18(17)20)13-7-5-6-8-15(13)23(25-3)19(21)24/h4-8,12,14,16-18H,1,9-11H2,2-3H3/t12?,14?,16?,17?,18?,20-,21-/m0/s1. The second kappa shape index (κ2) is 4.58. The summed E-state index contributed by atoms with van der Waals surface area (Å²) in [7, 11) is 3.78. The molecule has 4 fully saturated rings. The highest BCUT2D eigenvalue weighted by Gasteiger charge is 2.80. The van der Waals surface area contributed by atoms with Gasteiger partial charge in [0.25, 0.3) is 5.91 Å². The maximum absolute atomic E-state index is 13.9. The van der Waals surface area contributed by atoms with Crippen molar-refractivity contribution in [3.05, 3.63) is 42.5 Å². The number of nitrogens with zero attached hydrogens (tertiary/aromatic N) is 2. The number of hydrogen-bond donors (Lipinski definition) is 0. The van der Waals surface area contributed by atoms with Gasteiger partial charge in [0.2, 0.25) is 0 Å². The van der Waals surface area contributed by atoms with Crippen molar-refractivity contribution in [1.29, 1.82) is 0 Å². The average Bonchev–Trinajstić information content (AvgIpc) is 3.13. The largest absolute Gasteiger partial charge is 0.376 e. The Labute approximate surface area is 153 Å². The lowest BCUT2D eigenvalue weighted by molar-refractivity contribution is -0.159. The van der Waals surface area contributed by atoms with E-state index in [2.05, 4.69) is 30.7 Å². The number of hydrogen-bond acceptors (Lipinski definition) is 4. The number of hydroxylamine groups is 1. The molecule has 5 nitrogen and oxygen atoms in total. The quantitative estimate of drug-likeness (QED) is 0.764. The third kappa shape index (κ3) is 1.30. The van der Waals surface area contributed by atoms with Crippen molar-refractivity contribution in [2.45, 2.75) is 24.0 Å². The molecule has 3 heterocycles. The van der Waals surface area contributed by atoms with E-state index in [0.717, 1.165) is 30.8 Å². The zero-order valence-corrected chi connectivity index (χ0v) is 15.2. The minimum Gasteiger partial charge on any atom is -0.376 e. The highest BCUT2D eigenvalue weighted by molar-refractivity contribution is 6.08. The second-order valence-electron chi connectivity index (χ2n) is 8.70. The van der Waals surface area contributed by atoms with Gasteiger partial charge in [-0.05, 0) is 31.0 Å². The molecular formula is C21H24N2O3. The number of para-hydroxylation sites is 1. The fourth-order valence-corrected chi connectivity index (χ4v) is 7.64. The predicted octanol–water partition coefficient (Wildman–Crippen LogP) is 1.98. The van der Waals surface area contributed by atoms with E-state index in [1.54, 1.807) is 7.11 Å². The molecule has 2 saturated heterocycles. The van der Waals surface area contributed by atoms with E-state index in [-0.39, 0.29) is 23.3 Å². The third-order valence-electron chi connectivity index (χ3n) is 8.22. The van der Waals surface area contributed by atoms with Crippen LogP contribution in [0.4, 0.5) is 5.69 Å². The molecule has 2 saturated carbocycles. The Hall–Kier alpha value is -1.69. The molecule has 5 heteroatoms. The lowest BCUT2D eigenvalue weighted by Crippen LogP contribution is -2.63. The first-order valence-corrected chi connectivity index (χ1v) is 9.55.